The zero-order chi connectivity index (χ0) is 7.72. The van der Waals surface area contributed by atoms with E-state index < -0.39 is 0 Å². The van der Waals surface area contributed by atoms with Gasteiger partial charge in [-0.05, 0) is 13.8 Å². The Labute approximate surface area is 66.8 Å². The average Bonchev–Trinajstić information content (AvgIpc) is 2.11. The van der Waals surface area contributed by atoms with Gasteiger partial charge in [-0.2, -0.15) is 0 Å². The topological polar surface area (TPSA) is 6.48 Å². The van der Waals surface area contributed by atoms with Gasteiger partial charge in [-0.25, -0.2) is 5.01 Å². The van der Waals surface area contributed by atoms with Crippen molar-refractivity contribution >= 4 is 11.8 Å². The third-order valence-electron chi connectivity index (χ3n) is 1.50. The summed E-state index contributed by atoms with van der Waals surface area (Å²) < 4.78 is 0. The van der Waals surface area contributed by atoms with Crippen LogP contribution in [0.2, 0.25) is 0 Å². The summed E-state index contributed by atoms with van der Waals surface area (Å²) in [6.07, 6.45) is 0. The van der Waals surface area contributed by atoms with Crippen LogP contribution in [0.15, 0.2) is 5.70 Å². The summed E-state index contributed by atoms with van der Waals surface area (Å²) in [5.41, 5.74) is 1.21. The van der Waals surface area contributed by atoms with Crippen LogP contribution >= 0.6 is 11.8 Å². The maximum Gasteiger partial charge on any atom is 0.0924 e. The molecule has 1 unspecified atom stereocenters. The Morgan fingerprint density at radius 3 is 2.40 bits per heavy atom. The first-order chi connectivity index (χ1) is 4.63. The van der Waals surface area contributed by atoms with Crippen molar-refractivity contribution in [1.82, 2.24) is 10.0 Å². The maximum atomic E-state index is 3.22. The Morgan fingerprint density at radius 2 is 2.20 bits per heavy atom. The highest BCUT2D eigenvalue weighted by Crippen LogP contribution is 2.29. The lowest BCUT2D eigenvalue weighted by Crippen LogP contribution is -2.37. The molecule has 0 fully saturated rings. The first kappa shape index (κ1) is 7.95. The quantitative estimate of drug-likeness (QED) is 0.570. The molecule has 1 rings (SSSR count). The normalized spacial score (nSPS) is 25.9. The molecule has 1 aliphatic rings. The van der Waals surface area contributed by atoms with E-state index in [-0.39, 0.29) is 0 Å². The van der Waals surface area contributed by atoms with Crippen molar-refractivity contribution in [3.8, 4) is 0 Å². The van der Waals surface area contributed by atoms with Gasteiger partial charge in [0.25, 0.3) is 0 Å². The van der Waals surface area contributed by atoms with E-state index in [1.54, 1.807) is 11.8 Å². The van der Waals surface area contributed by atoms with E-state index in [1.807, 2.05) is 14.1 Å². The average molecular weight is 157 g/mol. The maximum absolute atomic E-state index is 3.22. The van der Waals surface area contributed by atoms with Gasteiger partial charge in [-0.1, -0.05) is 11.8 Å². The molecular weight excluding hydrogens is 144 g/mol. The van der Waals surface area contributed by atoms with E-state index in [9.17, 15) is 0 Å². The van der Waals surface area contributed by atoms with Crippen LogP contribution in [0, 0.1) is 5.41 Å². The second kappa shape index (κ2) is 2.84. The third-order valence-corrected chi connectivity index (χ3v) is 2.45. The van der Waals surface area contributed by atoms with Gasteiger partial charge in [0.1, 0.15) is 0 Å². The minimum absolute atomic E-state index is 0.509. The summed E-state index contributed by atoms with van der Waals surface area (Å²) in [7, 11) is 4.10. The van der Waals surface area contributed by atoms with Gasteiger partial charge in [0.15, 0.2) is 0 Å². The van der Waals surface area contributed by atoms with E-state index in [4.69, 9.17) is 0 Å². The summed E-state index contributed by atoms with van der Waals surface area (Å²) in [5.74, 6) is 0. The van der Waals surface area contributed by atoms with Crippen LogP contribution in [-0.2, 0) is 0 Å². The minimum Gasteiger partial charge on any atom is -0.296 e. The molecule has 0 N–H and O–H groups in total. The van der Waals surface area contributed by atoms with Gasteiger partial charge in [0.2, 0.25) is 0 Å². The van der Waals surface area contributed by atoms with Crippen molar-refractivity contribution in [3.63, 3.8) is 0 Å². The SMILES string of the molecule is CC1=[C]SC(C)N1N(C)C. The summed E-state index contributed by atoms with van der Waals surface area (Å²) in [6.45, 7) is 4.25. The Hall–Kier alpha value is -0.150. The predicted octanol–water partition coefficient (Wildman–Crippen LogP) is 1.52. The van der Waals surface area contributed by atoms with Crippen molar-refractivity contribution in [3.05, 3.63) is 11.1 Å². The van der Waals surface area contributed by atoms with Crippen LogP contribution < -0.4 is 0 Å². The minimum atomic E-state index is 0.509. The first-order valence-electron chi connectivity index (χ1n) is 3.34. The molecule has 0 amide bonds. The predicted molar refractivity (Wildman–Crippen MR) is 45.0 cm³/mol. The van der Waals surface area contributed by atoms with Crippen molar-refractivity contribution < 1.29 is 0 Å². The van der Waals surface area contributed by atoms with Crippen LogP contribution in [0.4, 0.5) is 0 Å². The number of nitrogens with zero attached hydrogens (tertiary/aromatic N) is 2. The lowest BCUT2D eigenvalue weighted by atomic mass is 10.5. The number of hydrogen-bond donors (Lipinski definition) is 0. The Kier molecular flexibility index (Phi) is 2.26. The first-order valence-corrected chi connectivity index (χ1v) is 4.22. The molecule has 2 nitrogen and oxygen atoms in total. The third kappa shape index (κ3) is 1.30. The van der Waals surface area contributed by atoms with Gasteiger partial charge in [-0.3, -0.25) is 5.01 Å². The fourth-order valence-electron chi connectivity index (χ4n) is 1.17. The zero-order valence-corrected chi connectivity index (χ0v) is 7.70. The van der Waals surface area contributed by atoms with E-state index >= 15 is 0 Å². The molecule has 1 radical (unpaired) electrons. The molecular formula is C7H13N2S. The van der Waals surface area contributed by atoms with Crippen molar-refractivity contribution in [2.24, 2.45) is 0 Å². The fraction of sp³-hybridized carbons (Fsp3) is 0.714. The van der Waals surface area contributed by atoms with Crippen LogP contribution in [0.1, 0.15) is 13.8 Å². The number of hydrogen-bond acceptors (Lipinski definition) is 3. The summed E-state index contributed by atoms with van der Waals surface area (Å²) >= 11 is 1.74. The van der Waals surface area contributed by atoms with Gasteiger partial charge >= 0.3 is 0 Å². The smallest absolute Gasteiger partial charge is 0.0924 e. The summed E-state index contributed by atoms with van der Waals surface area (Å²) in [5, 5.41) is 8.03. The van der Waals surface area contributed by atoms with Crippen molar-refractivity contribution in [2.45, 2.75) is 19.2 Å². The highest BCUT2D eigenvalue weighted by molar-refractivity contribution is 8.01. The summed E-state index contributed by atoms with van der Waals surface area (Å²) in [6, 6.07) is 0. The number of allylic oxidation sites excluding steroid dienone is 1. The molecule has 57 valence electrons. The monoisotopic (exact) mass is 157 g/mol. The van der Waals surface area contributed by atoms with E-state index in [1.165, 1.54) is 5.70 Å². The molecule has 1 atom stereocenters. The lowest BCUT2D eigenvalue weighted by Gasteiger charge is -2.31. The van der Waals surface area contributed by atoms with Gasteiger partial charge in [0.05, 0.1) is 5.37 Å². The Balaban J connectivity index is 2.64. The molecule has 0 saturated carbocycles. The van der Waals surface area contributed by atoms with E-state index in [2.05, 4.69) is 29.3 Å². The Bertz CT molecular complexity index is 154. The molecule has 3 heteroatoms. The second-order valence-corrected chi connectivity index (χ2v) is 3.72. The fourth-order valence-corrected chi connectivity index (χ4v) is 2.05. The molecule has 0 aromatic heterocycles. The van der Waals surface area contributed by atoms with Crippen molar-refractivity contribution in [2.75, 3.05) is 14.1 Å². The Morgan fingerprint density at radius 1 is 1.60 bits per heavy atom. The van der Waals surface area contributed by atoms with Crippen LogP contribution in [0.3, 0.4) is 0 Å². The number of rotatable bonds is 1. The van der Waals surface area contributed by atoms with Gasteiger partial charge in [0, 0.05) is 25.2 Å². The molecule has 0 spiro atoms. The molecule has 0 aromatic rings. The summed E-state index contributed by atoms with van der Waals surface area (Å²) in [4.78, 5) is 0. The molecule has 1 aliphatic heterocycles. The molecule has 0 saturated heterocycles. The van der Waals surface area contributed by atoms with Crippen LogP contribution in [0.25, 0.3) is 0 Å². The van der Waals surface area contributed by atoms with Crippen LogP contribution in [0.5, 0.6) is 0 Å². The van der Waals surface area contributed by atoms with Crippen molar-refractivity contribution in [1.29, 1.82) is 0 Å². The molecule has 1 heterocycles. The number of thioether (sulfide) groups is 1. The molecule has 0 aromatic carbocycles. The van der Waals surface area contributed by atoms with E-state index in [0.717, 1.165) is 0 Å². The van der Waals surface area contributed by atoms with E-state index in [0.29, 0.717) is 5.37 Å². The second-order valence-electron chi connectivity index (χ2n) is 2.60. The largest absolute Gasteiger partial charge is 0.296 e. The molecule has 0 bridgehead atoms. The number of hydrazine groups is 1. The standard InChI is InChI=1S/C7H13N2S/c1-6-5-10-7(2)9(6)8(3)4/h7H,1-4H3. The highest BCUT2D eigenvalue weighted by Gasteiger charge is 2.21. The van der Waals surface area contributed by atoms with Crippen LogP contribution in [-0.4, -0.2) is 29.5 Å². The van der Waals surface area contributed by atoms with Gasteiger partial charge < -0.3 is 0 Å². The lowest BCUT2D eigenvalue weighted by molar-refractivity contribution is 0.0633. The van der Waals surface area contributed by atoms with Gasteiger partial charge in [-0.15, -0.1) is 0 Å². The molecule has 0 aliphatic carbocycles. The molecule has 10 heavy (non-hydrogen) atoms. The highest BCUT2D eigenvalue weighted by atomic mass is 32.2. The zero-order valence-electron chi connectivity index (χ0n) is 6.88.